The number of anilines is 2. The largest absolute Gasteiger partial charge is 0.399 e. The molecule has 17 heavy (non-hydrogen) atoms. The molecule has 0 fully saturated rings. The van der Waals surface area contributed by atoms with Crippen LogP contribution in [0.2, 0.25) is 0 Å². The van der Waals surface area contributed by atoms with Gasteiger partial charge in [-0.05, 0) is 46.3 Å². The van der Waals surface area contributed by atoms with E-state index in [0.717, 1.165) is 4.47 Å². The first kappa shape index (κ1) is 11.6. The quantitative estimate of drug-likeness (QED) is 0.836. The van der Waals surface area contributed by atoms with Gasteiger partial charge in [0.05, 0.1) is 5.69 Å². The summed E-state index contributed by atoms with van der Waals surface area (Å²) in [4.78, 5) is 15.8. The highest BCUT2D eigenvalue weighted by atomic mass is 79.9. The summed E-state index contributed by atoms with van der Waals surface area (Å²) in [6.45, 7) is 0. The molecule has 1 heterocycles. The van der Waals surface area contributed by atoms with Crippen LogP contribution in [0.5, 0.6) is 0 Å². The molecule has 1 aromatic heterocycles. The number of rotatable bonds is 2. The zero-order valence-electron chi connectivity index (χ0n) is 8.85. The highest BCUT2D eigenvalue weighted by Crippen LogP contribution is 2.24. The number of aromatic nitrogens is 1. The Labute approximate surface area is 107 Å². The predicted molar refractivity (Wildman–Crippen MR) is 70.7 cm³/mol. The molecular weight excluding hydrogens is 282 g/mol. The second kappa shape index (κ2) is 4.97. The van der Waals surface area contributed by atoms with Crippen molar-refractivity contribution >= 4 is 33.2 Å². The fourth-order valence-corrected chi connectivity index (χ4v) is 1.81. The summed E-state index contributed by atoms with van der Waals surface area (Å²) >= 11 is 3.33. The van der Waals surface area contributed by atoms with Gasteiger partial charge in [-0.1, -0.05) is 6.07 Å². The SMILES string of the molecule is Nc1ccc(NC(=O)c2ccccn2)c(Br)c1. The van der Waals surface area contributed by atoms with Gasteiger partial charge in [-0.25, -0.2) is 0 Å². The molecule has 0 aliphatic carbocycles. The lowest BCUT2D eigenvalue weighted by Crippen LogP contribution is -2.13. The maximum absolute atomic E-state index is 11.8. The van der Waals surface area contributed by atoms with Gasteiger partial charge in [0.15, 0.2) is 0 Å². The maximum atomic E-state index is 11.8. The van der Waals surface area contributed by atoms with Crippen molar-refractivity contribution in [1.29, 1.82) is 0 Å². The van der Waals surface area contributed by atoms with E-state index in [4.69, 9.17) is 5.73 Å². The van der Waals surface area contributed by atoms with Crippen molar-refractivity contribution in [1.82, 2.24) is 4.98 Å². The number of nitrogen functional groups attached to an aromatic ring is 1. The zero-order chi connectivity index (χ0) is 12.3. The highest BCUT2D eigenvalue weighted by Gasteiger charge is 2.08. The third kappa shape index (κ3) is 2.82. The van der Waals surface area contributed by atoms with Crippen molar-refractivity contribution in [3.05, 3.63) is 52.8 Å². The van der Waals surface area contributed by atoms with Crippen molar-refractivity contribution < 1.29 is 4.79 Å². The minimum atomic E-state index is -0.254. The Balaban J connectivity index is 2.19. The molecule has 1 aromatic carbocycles. The van der Waals surface area contributed by atoms with E-state index in [1.54, 1.807) is 42.6 Å². The predicted octanol–water partition coefficient (Wildman–Crippen LogP) is 2.68. The molecule has 0 aliphatic rings. The molecule has 2 rings (SSSR count). The Morgan fingerprint density at radius 2 is 2.12 bits per heavy atom. The third-order valence-corrected chi connectivity index (χ3v) is 2.79. The van der Waals surface area contributed by atoms with Crippen molar-refractivity contribution in [3.63, 3.8) is 0 Å². The number of nitrogens with one attached hydrogen (secondary N) is 1. The van der Waals surface area contributed by atoms with Crippen molar-refractivity contribution in [2.75, 3.05) is 11.1 Å². The number of amides is 1. The van der Waals surface area contributed by atoms with Crippen LogP contribution in [0.25, 0.3) is 0 Å². The fourth-order valence-electron chi connectivity index (χ4n) is 1.32. The van der Waals surface area contributed by atoms with Crippen LogP contribution in [-0.2, 0) is 0 Å². The number of halogens is 1. The number of carbonyl (C=O) groups is 1. The van der Waals surface area contributed by atoms with E-state index in [2.05, 4.69) is 26.2 Å². The third-order valence-electron chi connectivity index (χ3n) is 2.14. The molecule has 2 aromatic rings. The van der Waals surface area contributed by atoms with Crippen LogP contribution in [0.1, 0.15) is 10.5 Å². The standard InChI is InChI=1S/C12H10BrN3O/c13-9-7-8(14)4-5-10(9)16-12(17)11-3-1-2-6-15-11/h1-7H,14H2,(H,16,17). The van der Waals surface area contributed by atoms with Crippen LogP contribution in [0.4, 0.5) is 11.4 Å². The molecule has 0 aliphatic heterocycles. The maximum Gasteiger partial charge on any atom is 0.274 e. The lowest BCUT2D eigenvalue weighted by Gasteiger charge is -2.07. The summed E-state index contributed by atoms with van der Waals surface area (Å²) in [6, 6.07) is 10.4. The first-order valence-electron chi connectivity index (χ1n) is 4.94. The number of hydrogen-bond donors (Lipinski definition) is 2. The summed E-state index contributed by atoms with van der Waals surface area (Å²) in [5.74, 6) is -0.254. The summed E-state index contributed by atoms with van der Waals surface area (Å²) in [6.07, 6.45) is 1.58. The van der Waals surface area contributed by atoms with Gasteiger partial charge < -0.3 is 11.1 Å². The number of hydrogen-bond acceptors (Lipinski definition) is 3. The minimum absolute atomic E-state index is 0.254. The van der Waals surface area contributed by atoms with Gasteiger partial charge >= 0.3 is 0 Å². The molecule has 0 saturated carbocycles. The molecule has 86 valence electrons. The van der Waals surface area contributed by atoms with Gasteiger partial charge in [0.1, 0.15) is 5.69 Å². The van der Waals surface area contributed by atoms with Crippen LogP contribution < -0.4 is 11.1 Å². The minimum Gasteiger partial charge on any atom is -0.399 e. The molecule has 0 spiro atoms. The molecule has 0 atom stereocenters. The van der Waals surface area contributed by atoms with E-state index in [0.29, 0.717) is 17.1 Å². The van der Waals surface area contributed by atoms with Gasteiger partial charge in [0.25, 0.3) is 5.91 Å². The average molecular weight is 292 g/mol. The van der Waals surface area contributed by atoms with Gasteiger partial charge in [-0.3, -0.25) is 9.78 Å². The second-order valence-electron chi connectivity index (χ2n) is 3.41. The Hall–Kier alpha value is -1.88. The van der Waals surface area contributed by atoms with E-state index >= 15 is 0 Å². The number of benzene rings is 1. The molecule has 4 nitrogen and oxygen atoms in total. The molecule has 3 N–H and O–H groups in total. The summed E-state index contributed by atoms with van der Waals surface area (Å²) in [5.41, 5.74) is 7.28. The first-order valence-corrected chi connectivity index (χ1v) is 5.73. The number of nitrogens with zero attached hydrogens (tertiary/aromatic N) is 1. The van der Waals surface area contributed by atoms with Gasteiger partial charge in [0, 0.05) is 16.4 Å². The fraction of sp³-hybridized carbons (Fsp3) is 0. The van der Waals surface area contributed by atoms with Gasteiger partial charge in [0.2, 0.25) is 0 Å². The monoisotopic (exact) mass is 291 g/mol. The van der Waals surface area contributed by atoms with E-state index in [1.807, 2.05) is 0 Å². The Bertz CT molecular complexity index is 543. The normalized spacial score (nSPS) is 9.94. The van der Waals surface area contributed by atoms with E-state index < -0.39 is 0 Å². The lowest BCUT2D eigenvalue weighted by atomic mass is 10.2. The van der Waals surface area contributed by atoms with Crippen molar-refractivity contribution in [2.24, 2.45) is 0 Å². The molecule has 0 bridgehead atoms. The van der Waals surface area contributed by atoms with E-state index in [-0.39, 0.29) is 5.91 Å². The molecule has 0 saturated heterocycles. The summed E-state index contributed by atoms with van der Waals surface area (Å²) < 4.78 is 0.738. The molecule has 1 amide bonds. The second-order valence-corrected chi connectivity index (χ2v) is 4.26. The molecular formula is C12H10BrN3O. The van der Waals surface area contributed by atoms with Crippen molar-refractivity contribution in [3.8, 4) is 0 Å². The summed E-state index contributed by atoms with van der Waals surface area (Å²) in [5, 5.41) is 2.75. The van der Waals surface area contributed by atoms with Crippen LogP contribution in [0.15, 0.2) is 47.1 Å². The zero-order valence-corrected chi connectivity index (χ0v) is 10.4. The lowest BCUT2D eigenvalue weighted by molar-refractivity contribution is 0.102. The van der Waals surface area contributed by atoms with Crippen LogP contribution >= 0.6 is 15.9 Å². The number of nitrogens with two attached hydrogens (primary N) is 1. The van der Waals surface area contributed by atoms with E-state index in [9.17, 15) is 4.79 Å². The Morgan fingerprint density at radius 1 is 1.29 bits per heavy atom. The van der Waals surface area contributed by atoms with Gasteiger partial charge in [-0.2, -0.15) is 0 Å². The van der Waals surface area contributed by atoms with Gasteiger partial charge in [-0.15, -0.1) is 0 Å². The smallest absolute Gasteiger partial charge is 0.274 e. The van der Waals surface area contributed by atoms with Crippen LogP contribution in [-0.4, -0.2) is 10.9 Å². The molecule has 0 radical (unpaired) electrons. The number of pyridine rings is 1. The van der Waals surface area contributed by atoms with Crippen molar-refractivity contribution in [2.45, 2.75) is 0 Å². The Morgan fingerprint density at radius 3 is 2.76 bits per heavy atom. The molecule has 0 unspecified atom stereocenters. The first-order chi connectivity index (χ1) is 8.16. The highest BCUT2D eigenvalue weighted by molar-refractivity contribution is 9.10. The Kier molecular flexibility index (Phi) is 3.39. The number of carbonyl (C=O) groups excluding carboxylic acids is 1. The van der Waals surface area contributed by atoms with Crippen LogP contribution in [0, 0.1) is 0 Å². The molecule has 5 heteroatoms. The average Bonchev–Trinajstić information content (AvgIpc) is 2.34. The van der Waals surface area contributed by atoms with E-state index in [1.165, 1.54) is 0 Å². The topological polar surface area (TPSA) is 68.0 Å². The summed E-state index contributed by atoms with van der Waals surface area (Å²) in [7, 11) is 0. The van der Waals surface area contributed by atoms with Crippen LogP contribution in [0.3, 0.4) is 0 Å².